The van der Waals surface area contributed by atoms with Crippen LogP contribution in [0.5, 0.6) is 11.5 Å². The molecule has 1 aliphatic rings. The molecule has 0 bridgehead atoms. The average Bonchev–Trinajstić information content (AvgIpc) is 3.03. The molecular formula is C11H11FO3. The minimum absolute atomic E-state index is 0.142. The summed E-state index contributed by atoms with van der Waals surface area (Å²) in [4.78, 5) is 10.7. The molecule has 0 radical (unpaired) electrons. The van der Waals surface area contributed by atoms with E-state index in [1.807, 2.05) is 0 Å². The van der Waals surface area contributed by atoms with Gasteiger partial charge in [-0.2, -0.15) is 0 Å². The van der Waals surface area contributed by atoms with Crippen LogP contribution >= 0.6 is 0 Å². The van der Waals surface area contributed by atoms with E-state index < -0.39 is 5.82 Å². The molecular weight excluding hydrogens is 199 g/mol. The molecule has 2 rings (SSSR count). The van der Waals surface area contributed by atoms with Gasteiger partial charge in [0.2, 0.25) is 0 Å². The highest BCUT2D eigenvalue weighted by Crippen LogP contribution is 2.36. The Morgan fingerprint density at radius 1 is 1.47 bits per heavy atom. The fourth-order valence-corrected chi connectivity index (χ4v) is 1.31. The van der Waals surface area contributed by atoms with E-state index in [-0.39, 0.29) is 17.4 Å². The van der Waals surface area contributed by atoms with Crippen molar-refractivity contribution in [2.75, 3.05) is 7.11 Å². The van der Waals surface area contributed by atoms with Gasteiger partial charge in [0.15, 0.2) is 17.8 Å². The van der Waals surface area contributed by atoms with Gasteiger partial charge in [-0.3, -0.25) is 4.79 Å². The molecule has 1 aromatic rings. The fourth-order valence-electron chi connectivity index (χ4n) is 1.31. The summed E-state index contributed by atoms with van der Waals surface area (Å²) in [5, 5.41) is 0. The van der Waals surface area contributed by atoms with Crippen molar-refractivity contribution < 1.29 is 18.7 Å². The topological polar surface area (TPSA) is 35.5 Å². The highest BCUT2D eigenvalue weighted by molar-refractivity contribution is 5.81. The van der Waals surface area contributed by atoms with Crippen molar-refractivity contribution in [2.24, 2.45) is 0 Å². The molecule has 0 amide bonds. The normalized spacial score (nSPS) is 14.8. The summed E-state index contributed by atoms with van der Waals surface area (Å²) in [5.74, 6) is 0.109. The minimum Gasteiger partial charge on any atom is -0.493 e. The van der Waals surface area contributed by atoms with Crippen LogP contribution in [0.25, 0.3) is 0 Å². The summed E-state index contributed by atoms with van der Waals surface area (Å²) in [6.45, 7) is 0. The van der Waals surface area contributed by atoms with Gasteiger partial charge in [-0.15, -0.1) is 0 Å². The Bertz CT molecular complexity index is 386. The van der Waals surface area contributed by atoms with Gasteiger partial charge < -0.3 is 9.47 Å². The number of aldehydes is 1. The lowest BCUT2D eigenvalue weighted by Crippen LogP contribution is -2.02. The number of halogens is 1. The summed E-state index contributed by atoms with van der Waals surface area (Å²) in [7, 11) is 1.42. The Balaban J connectivity index is 2.40. The molecule has 0 saturated heterocycles. The zero-order chi connectivity index (χ0) is 10.8. The van der Waals surface area contributed by atoms with Crippen LogP contribution in [0.2, 0.25) is 0 Å². The molecule has 0 aromatic heterocycles. The van der Waals surface area contributed by atoms with E-state index in [9.17, 15) is 9.18 Å². The van der Waals surface area contributed by atoms with Gasteiger partial charge in [0.05, 0.1) is 18.8 Å². The molecule has 0 N–H and O–H groups in total. The molecule has 15 heavy (non-hydrogen) atoms. The first kappa shape index (κ1) is 9.96. The van der Waals surface area contributed by atoms with Crippen molar-refractivity contribution in [3.63, 3.8) is 0 Å². The molecule has 0 heterocycles. The average molecular weight is 210 g/mol. The van der Waals surface area contributed by atoms with Crippen LogP contribution in [0.15, 0.2) is 12.1 Å². The summed E-state index contributed by atoms with van der Waals surface area (Å²) in [6.07, 6.45) is 2.66. The highest BCUT2D eigenvalue weighted by Gasteiger charge is 2.26. The van der Waals surface area contributed by atoms with Crippen LogP contribution in [0.1, 0.15) is 23.2 Å². The van der Waals surface area contributed by atoms with Gasteiger partial charge in [-0.1, -0.05) is 0 Å². The summed E-state index contributed by atoms with van der Waals surface area (Å²) in [6, 6.07) is 2.36. The number of carbonyl (C=O) groups excluding carboxylic acids is 1. The van der Waals surface area contributed by atoms with Crippen molar-refractivity contribution in [1.82, 2.24) is 0 Å². The second kappa shape index (κ2) is 3.88. The Morgan fingerprint density at radius 2 is 2.20 bits per heavy atom. The largest absolute Gasteiger partial charge is 0.493 e. The fraction of sp³-hybridized carbons (Fsp3) is 0.364. The number of ether oxygens (including phenoxy) is 2. The van der Waals surface area contributed by atoms with Crippen molar-refractivity contribution in [1.29, 1.82) is 0 Å². The Hall–Kier alpha value is -1.58. The lowest BCUT2D eigenvalue weighted by atomic mass is 10.2. The Labute approximate surface area is 86.8 Å². The predicted molar refractivity (Wildman–Crippen MR) is 52.0 cm³/mol. The standard InChI is InChI=1S/C11H11FO3/c1-14-10-5-8(12)4-7(6-13)11(10)15-9-2-3-9/h4-6,9H,2-3H2,1H3. The lowest BCUT2D eigenvalue weighted by Gasteiger charge is -2.11. The van der Waals surface area contributed by atoms with E-state index in [1.165, 1.54) is 13.2 Å². The van der Waals surface area contributed by atoms with Crippen LogP contribution in [-0.4, -0.2) is 19.5 Å². The maximum absolute atomic E-state index is 13.0. The number of hydrogen-bond donors (Lipinski definition) is 0. The van der Waals surface area contributed by atoms with Gasteiger partial charge in [-0.05, 0) is 18.9 Å². The summed E-state index contributed by atoms with van der Waals surface area (Å²) in [5.41, 5.74) is 0.193. The summed E-state index contributed by atoms with van der Waals surface area (Å²) >= 11 is 0. The number of carbonyl (C=O) groups is 1. The second-order valence-corrected chi connectivity index (χ2v) is 3.46. The molecule has 1 aliphatic carbocycles. The van der Waals surface area contributed by atoms with Gasteiger partial charge >= 0.3 is 0 Å². The first-order valence-electron chi connectivity index (χ1n) is 4.74. The van der Waals surface area contributed by atoms with Crippen LogP contribution in [-0.2, 0) is 0 Å². The number of hydrogen-bond acceptors (Lipinski definition) is 3. The third-order valence-corrected chi connectivity index (χ3v) is 2.20. The zero-order valence-electron chi connectivity index (χ0n) is 8.33. The molecule has 80 valence electrons. The van der Waals surface area contributed by atoms with Crippen LogP contribution in [0.4, 0.5) is 4.39 Å². The van der Waals surface area contributed by atoms with Gasteiger partial charge in [0.25, 0.3) is 0 Å². The van der Waals surface area contributed by atoms with Crippen LogP contribution < -0.4 is 9.47 Å². The molecule has 0 atom stereocenters. The zero-order valence-corrected chi connectivity index (χ0v) is 8.33. The van der Waals surface area contributed by atoms with E-state index in [4.69, 9.17) is 9.47 Å². The maximum Gasteiger partial charge on any atom is 0.172 e. The Kier molecular flexibility index (Phi) is 2.58. The predicted octanol–water partition coefficient (Wildman–Crippen LogP) is 2.19. The van der Waals surface area contributed by atoms with Crippen LogP contribution in [0.3, 0.4) is 0 Å². The highest BCUT2D eigenvalue weighted by atomic mass is 19.1. The smallest absolute Gasteiger partial charge is 0.172 e. The first-order chi connectivity index (χ1) is 7.24. The molecule has 0 unspecified atom stereocenters. The number of methoxy groups -OCH3 is 1. The minimum atomic E-state index is -0.503. The molecule has 1 fully saturated rings. The van der Waals surface area contributed by atoms with Crippen molar-refractivity contribution >= 4 is 6.29 Å². The van der Waals surface area contributed by atoms with E-state index in [2.05, 4.69) is 0 Å². The first-order valence-corrected chi connectivity index (χ1v) is 4.74. The summed E-state index contributed by atoms with van der Waals surface area (Å²) < 4.78 is 23.5. The van der Waals surface area contributed by atoms with E-state index in [0.717, 1.165) is 18.9 Å². The SMILES string of the molecule is COc1cc(F)cc(C=O)c1OC1CC1. The van der Waals surface area contributed by atoms with Gasteiger partial charge in [-0.25, -0.2) is 4.39 Å². The molecule has 0 aliphatic heterocycles. The van der Waals surface area contributed by atoms with E-state index in [0.29, 0.717) is 12.0 Å². The van der Waals surface area contributed by atoms with E-state index >= 15 is 0 Å². The van der Waals surface area contributed by atoms with Crippen molar-refractivity contribution in [3.05, 3.63) is 23.5 Å². The number of benzene rings is 1. The quantitative estimate of drug-likeness (QED) is 0.714. The monoisotopic (exact) mass is 210 g/mol. The lowest BCUT2D eigenvalue weighted by molar-refractivity contribution is 0.111. The second-order valence-electron chi connectivity index (χ2n) is 3.46. The van der Waals surface area contributed by atoms with Gasteiger partial charge in [0, 0.05) is 6.07 Å². The molecule has 0 spiro atoms. The van der Waals surface area contributed by atoms with Crippen molar-refractivity contribution in [3.8, 4) is 11.5 Å². The van der Waals surface area contributed by atoms with Crippen molar-refractivity contribution in [2.45, 2.75) is 18.9 Å². The third-order valence-electron chi connectivity index (χ3n) is 2.20. The molecule has 3 nitrogen and oxygen atoms in total. The molecule has 1 saturated carbocycles. The third kappa shape index (κ3) is 2.09. The molecule has 1 aromatic carbocycles. The maximum atomic E-state index is 13.0. The van der Waals surface area contributed by atoms with Crippen LogP contribution in [0, 0.1) is 5.82 Å². The number of rotatable bonds is 4. The van der Waals surface area contributed by atoms with E-state index in [1.54, 1.807) is 0 Å². The van der Waals surface area contributed by atoms with Gasteiger partial charge in [0.1, 0.15) is 5.82 Å². The molecule has 4 heteroatoms. The Morgan fingerprint density at radius 3 is 2.73 bits per heavy atom.